The van der Waals surface area contributed by atoms with Crippen LogP contribution in [0.4, 0.5) is 8.78 Å². The minimum Gasteiger partial charge on any atom is -0.356 e. The molecule has 0 bridgehead atoms. The van der Waals surface area contributed by atoms with Crippen molar-refractivity contribution in [2.24, 2.45) is 0 Å². The second-order valence-corrected chi connectivity index (χ2v) is 3.30. The summed E-state index contributed by atoms with van der Waals surface area (Å²) in [6, 6.07) is 2.50. The highest BCUT2D eigenvalue weighted by atomic mass is 79.9. The standard InChI is InChI=1S/C7H6BrF2NO2/c8-4-1-2-5(11-3-4)7(12,13)6(9)10/h1-3,6,12-13H. The van der Waals surface area contributed by atoms with Crippen LogP contribution in [0.3, 0.4) is 0 Å². The highest BCUT2D eigenvalue weighted by Gasteiger charge is 2.38. The number of aliphatic hydroxyl groups is 2. The number of hydrogen-bond donors (Lipinski definition) is 2. The molecule has 72 valence electrons. The molecule has 1 heterocycles. The van der Waals surface area contributed by atoms with Crippen LogP contribution >= 0.6 is 15.9 Å². The zero-order valence-electron chi connectivity index (χ0n) is 6.28. The smallest absolute Gasteiger partial charge is 0.297 e. The molecule has 0 amide bonds. The van der Waals surface area contributed by atoms with Crippen molar-refractivity contribution in [3.63, 3.8) is 0 Å². The van der Waals surface area contributed by atoms with Gasteiger partial charge in [0.25, 0.3) is 12.2 Å². The third-order valence-corrected chi connectivity index (χ3v) is 1.88. The lowest BCUT2D eigenvalue weighted by Crippen LogP contribution is -2.34. The predicted molar refractivity (Wildman–Crippen MR) is 44.1 cm³/mol. The van der Waals surface area contributed by atoms with Crippen molar-refractivity contribution >= 4 is 15.9 Å². The first kappa shape index (κ1) is 10.5. The van der Waals surface area contributed by atoms with Crippen molar-refractivity contribution < 1.29 is 19.0 Å². The summed E-state index contributed by atoms with van der Waals surface area (Å²) >= 11 is 3.04. The van der Waals surface area contributed by atoms with E-state index < -0.39 is 17.9 Å². The molecule has 0 unspecified atom stereocenters. The molecule has 0 spiro atoms. The molecule has 0 aliphatic carbocycles. The molecule has 0 aliphatic heterocycles. The molecule has 3 nitrogen and oxygen atoms in total. The molecule has 6 heteroatoms. The monoisotopic (exact) mass is 253 g/mol. The average Bonchev–Trinajstić information content (AvgIpc) is 2.04. The minimum absolute atomic E-state index is 0.481. The molecule has 1 aromatic heterocycles. The fraction of sp³-hybridized carbons (Fsp3) is 0.286. The van der Waals surface area contributed by atoms with Crippen molar-refractivity contribution in [3.8, 4) is 0 Å². The second-order valence-electron chi connectivity index (χ2n) is 2.39. The number of alkyl halides is 2. The average molecular weight is 254 g/mol. The first-order chi connectivity index (χ1) is 5.94. The molecular formula is C7H6BrF2NO2. The maximum Gasteiger partial charge on any atom is 0.297 e. The van der Waals surface area contributed by atoms with Gasteiger partial charge in [0, 0.05) is 10.7 Å². The quantitative estimate of drug-likeness (QED) is 0.781. The van der Waals surface area contributed by atoms with Gasteiger partial charge in [0.2, 0.25) is 0 Å². The summed E-state index contributed by atoms with van der Waals surface area (Å²) in [5.41, 5.74) is -0.481. The van der Waals surface area contributed by atoms with Gasteiger partial charge in [-0.2, -0.15) is 0 Å². The Morgan fingerprint density at radius 2 is 2.00 bits per heavy atom. The van der Waals surface area contributed by atoms with Gasteiger partial charge in [0.1, 0.15) is 5.69 Å². The van der Waals surface area contributed by atoms with Gasteiger partial charge in [-0.05, 0) is 28.1 Å². The van der Waals surface area contributed by atoms with Crippen molar-refractivity contribution in [3.05, 3.63) is 28.5 Å². The molecule has 0 saturated heterocycles. The van der Waals surface area contributed by atoms with Crippen LogP contribution in [-0.2, 0) is 5.79 Å². The van der Waals surface area contributed by atoms with E-state index >= 15 is 0 Å². The zero-order valence-corrected chi connectivity index (χ0v) is 7.87. The van der Waals surface area contributed by atoms with E-state index in [9.17, 15) is 8.78 Å². The Balaban J connectivity index is 3.01. The van der Waals surface area contributed by atoms with Crippen LogP contribution in [0.25, 0.3) is 0 Å². The number of halogens is 3. The molecule has 0 saturated carbocycles. The zero-order chi connectivity index (χ0) is 10.1. The van der Waals surface area contributed by atoms with E-state index in [1.165, 1.54) is 12.3 Å². The first-order valence-corrected chi connectivity index (χ1v) is 4.09. The van der Waals surface area contributed by atoms with Crippen LogP contribution < -0.4 is 0 Å². The summed E-state index contributed by atoms with van der Waals surface area (Å²) in [6.07, 6.45) is -2.08. The Morgan fingerprint density at radius 1 is 1.38 bits per heavy atom. The van der Waals surface area contributed by atoms with Gasteiger partial charge in [0.15, 0.2) is 0 Å². The van der Waals surface area contributed by atoms with Gasteiger partial charge in [-0.1, -0.05) is 0 Å². The summed E-state index contributed by atoms with van der Waals surface area (Å²) < 4.78 is 24.7. The number of nitrogens with zero attached hydrogens (tertiary/aromatic N) is 1. The largest absolute Gasteiger partial charge is 0.356 e. The fourth-order valence-electron chi connectivity index (χ4n) is 0.705. The number of aromatic nitrogens is 1. The van der Waals surface area contributed by atoms with Crippen molar-refractivity contribution in [2.75, 3.05) is 0 Å². The minimum atomic E-state index is -3.29. The Bertz CT molecular complexity index is 289. The number of rotatable bonds is 2. The normalized spacial score (nSPS) is 12.2. The van der Waals surface area contributed by atoms with Crippen molar-refractivity contribution in [1.29, 1.82) is 0 Å². The summed E-state index contributed by atoms with van der Waals surface area (Å²) in [5.74, 6) is -3.18. The maximum atomic E-state index is 12.0. The van der Waals surface area contributed by atoms with E-state index in [1.807, 2.05) is 0 Å². The highest BCUT2D eigenvalue weighted by molar-refractivity contribution is 9.10. The van der Waals surface area contributed by atoms with Crippen molar-refractivity contribution in [2.45, 2.75) is 12.2 Å². The van der Waals surface area contributed by atoms with E-state index in [0.29, 0.717) is 4.47 Å². The van der Waals surface area contributed by atoms with E-state index in [2.05, 4.69) is 20.9 Å². The SMILES string of the molecule is OC(O)(c1ccc(Br)cn1)C(F)F. The lowest BCUT2D eigenvalue weighted by atomic mass is 10.2. The molecule has 2 N–H and O–H groups in total. The molecule has 13 heavy (non-hydrogen) atoms. The predicted octanol–water partition coefficient (Wildman–Crippen LogP) is 1.25. The fourth-order valence-corrected chi connectivity index (χ4v) is 0.940. The van der Waals surface area contributed by atoms with Crippen LogP contribution in [0, 0.1) is 0 Å². The first-order valence-electron chi connectivity index (χ1n) is 3.29. The maximum absolute atomic E-state index is 12.0. The summed E-state index contributed by atoms with van der Waals surface area (Å²) in [5, 5.41) is 17.8. The van der Waals surface area contributed by atoms with Gasteiger partial charge in [-0.15, -0.1) is 0 Å². The van der Waals surface area contributed by atoms with Crippen LogP contribution in [0.5, 0.6) is 0 Å². The van der Waals surface area contributed by atoms with E-state index in [-0.39, 0.29) is 0 Å². The molecule has 1 rings (SSSR count). The van der Waals surface area contributed by atoms with Gasteiger partial charge < -0.3 is 10.2 Å². The molecule has 0 atom stereocenters. The Labute approximate surface area is 81.2 Å². The van der Waals surface area contributed by atoms with E-state index in [4.69, 9.17) is 10.2 Å². The van der Waals surface area contributed by atoms with Gasteiger partial charge >= 0.3 is 0 Å². The molecule has 0 aliphatic rings. The van der Waals surface area contributed by atoms with Crippen LogP contribution in [0.2, 0.25) is 0 Å². The number of hydrogen-bond acceptors (Lipinski definition) is 3. The molecule has 1 aromatic rings. The van der Waals surface area contributed by atoms with Crippen LogP contribution in [0.15, 0.2) is 22.8 Å². The molecule has 0 radical (unpaired) electrons. The topological polar surface area (TPSA) is 53.4 Å². The van der Waals surface area contributed by atoms with Gasteiger partial charge in [-0.3, -0.25) is 4.98 Å². The third kappa shape index (κ3) is 2.20. The summed E-state index contributed by atoms with van der Waals surface area (Å²) in [4.78, 5) is 3.44. The lowest BCUT2D eigenvalue weighted by Gasteiger charge is -2.19. The van der Waals surface area contributed by atoms with Gasteiger partial charge in [-0.25, -0.2) is 8.78 Å². The van der Waals surface area contributed by atoms with E-state index in [0.717, 1.165) is 6.07 Å². The second kappa shape index (κ2) is 3.65. The Kier molecular flexibility index (Phi) is 2.94. The van der Waals surface area contributed by atoms with Crippen LogP contribution in [-0.4, -0.2) is 21.6 Å². The number of pyridine rings is 1. The summed E-state index contributed by atoms with van der Waals surface area (Å²) in [6.45, 7) is 0. The Hall–Kier alpha value is -0.590. The van der Waals surface area contributed by atoms with Gasteiger partial charge in [0.05, 0.1) is 0 Å². The Morgan fingerprint density at radius 3 is 2.38 bits per heavy atom. The highest BCUT2D eigenvalue weighted by Crippen LogP contribution is 2.24. The molecular weight excluding hydrogens is 248 g/mol. The molecule has 0 aromatic carbocycles. The summed E-state index contributed by atoms with van der Waals surface area (Å²) in [7, 11) is 0. The lowest BCUT2D eigenvalue weighted by molar-refractivity contribution is -0.251. The van der Waals surface area contributed by atoms with Crippen LogP contribution in [0.1, 0.15) is 5.69 Å². The molecule has 0 fully saturated rings. The van der Waals surface area contributed by atoms with E-state index in [1.54, 1.807) is 0 Å². The van der Waals surface area contributed by atoms with Crippen molar-refractivity contribution in [1.82, 2.24) is 4.98 Å². The third-order valence-electron chi connectivity index (χ3n) is 1.41.